The first kappa shape index (κ1) is 15.0. The van der Waals surface area contributed by atoms with E-state index in [0.29, 0.717) is 18.0 Å². The lowest BCUT2D eigenvalue weighted by atomic mass is 10.2. The van der Waals surface area contributed by atoms with Gasteiger partial charge in [-0.05, 0) is 13.3 Å². The van der Waals surface area contributed by atoms with Crippen molar-refractivity contribution in [1.29, 1.82) is 0 Å². The van der Waals surface area contributed by atoms with Gasteiger partial charge in [0.2, 0.25) is 5.88 Å². The minimum absolute atomic E-state index is 0.126. The highest BCUT2D eigenvalue weighted by atomic mass is 35.5. The van der Waals surface area contributed by atoms with E-state index in [1.54, 1.807) is 14.2 Å². The molecule has 2 aromatic heterocycles. The van der Waals surface area contributed by atoms with Gasteiger partial charge in [0.05, 0.1) is 25.1 Å². The second-order valence-corrected chi connectivity index (χ2v) is 5.18. The Morgan fingerprint density at radius 3 is 2.65 bits per heavy atom. The molecular weight excluding hydrogens is 280 g/mol. The number of halogens is 1. The first-order valence-corrected chi connectivity index (χ1v) is 6.97. The molecule has 0 bridgehead atoms. The van der Waals surface area contributed by atoms with Gasteiger partial charge in [0.15, 0.2) is 11.2 Å². The smallest absolute Gasteiger partial charge is 0.245 e. The molecule has 6 nitrogen and oxygen atoms in total. The fourth-order valence-corrected chi connectivity index (χ4v) is 2.42. The number of imidazole rings is 1. The molecule has 2 aromatic rings. The van der Waals surface area contributed by atoms with Gasteiger partial charge in [-0.15, -0.1) is 11.6 Å². The Morgan fingerprint density at radius 2 is 2.10 bits per heavy atom. The molecule has 0 amide bonds. The molecule has 0 radical (unpaired) electrons. The molecule has 0 saturated heterocycles. The summed E-state index contributed by atoms with van der Waals surface area (Å²) in [6, 6.07) is 0.126. The molecule has 0 aliphatic heterocycles. The zero-order valence-electron chi connectivity index (χ0n) is 12.1. The van der Waals surface area contributed by atoms with E-state index in [0.717, 1.165) is 17.9 Å². The highest BCUT2D eigenvalue weighted by Crippen LogP contribution is 2.31. The van der Waals surface area contributed by atoms with Crippen LogP contribution in [0.5, 0.6) is 5.88 Å². The lowest BCUT2D eigenvalue weighted by Crippen LogP contribution is -2.17. The molecule has 110 valence electrons. The molecule has 2 atom stereocenters. The fraction of sp³-hybridized carbons (Fsp3) is 0.615. The zero-order valence-corrected chi connectivity index (χ0v) is 12.9. The number of nitrogens with zero attached hydrogens (tertiary/aromatic N) is 4. The third-order valence-electron chi connectivity index (χ3n) is 3.22. The summed E-state index contributed by atoms with van der Waals surface area (Å²) in [4.78, 5) is 13.0. The number of methoxy groups -OCH3 is 2. The molecule has 0 spiro atoms. The average Bonchev–Trinajstić information content (AvgIpc) is 2.84. The van der Waals surface area contributed by atoms with Crippen LogP contribution in [-0.2, 0) is 4.74 Å². The second-order valence-electron chi connectivity index (χ2n) is 4.53. The van der Waals surface area contributed by atoms with Crippen LogP contribution in [0.2, 0.25) is 0 Å². The molecule has 0 N–H and O–H groups in total. The standard InChI is InChI=1S/C13H19ClN4O2/c1-5-9(6-19-3)18-11(8(2)14)17-10-12(18)15-7-16-13(10)20-4/h7-9H,5-6H2,1-4H3. The minimum Gasteiger partial charge on any atom is -0.479 e. The third-order valence-corrected chi connectivity index (χ3v) is 3.41. The summed E-state index contributed by atoms with van der Waals surface area (Å²) in [5.41, 5.74) is 1.36. The van der Waals surface area contributed by atoms with E-state index in [-0.39, 0.29) is 11.4 Å². The van der Waals surface area contributed by atoms with Crippen molar-refractivity contribution in [2.75, 3.05) is 20.8 Å². The lowest BCUT2D eigenvalue weighted by molar-refractivity contribution is 0.153. The van der Waals surface area contributed by atoms with Crippen LogP contribution in [0.1, 0.15) is 37.5 Å². The van der Waals surface area contributed by atoms with Crippen LogP contribution in [-0.4, -0.2) is 40.3 Å². The van der Waals surface area contributed by atoms with Crippen molar-refractivity contribution in [1.82, 2.24) is 19.5 Å². The molecule has 0 fully saturated rings. The van der Waals surface area contributed by atoms with Gasteiger partial charge in [0, 0.05) is 7.11 Å². The topological polar surface area (TPSA) is 62.1 Å². The van der Waals surface area contributed by atoms with E-state index in [9.17, 15) is 0 Å². The van der Waals surface area contributed by atoms with Crippen molar-refractivity contribution in [2.45, 2.75) is 31.7 Å². The van der Waals surface area contributed by atoms with Crippen molar-refractivity contribution in [2.24, 2.45) is 0 Å². The average molecular weight is 299 g/mol. The Labute approximate surface area is 123 Å². The van der Waals surface area contributed by atoms with Gasteiger partial charge >= 0.3 is 0 Å². The Bertz CT molecular complexity index is 585. The summed E-state index contributed by atoms with van der Waals surface area (Å²) >= 11 is 6.26. The molecule has 7 heteroatoms. The van der Waals surface area contributed by atoms with Crippen LogP contribution in [0.4, 0.5) is 0 Å². The number of ether oxygens (including phenoxy) is 2. The largest absolute Gasteiger partial charge is 0.479 e. The van der Waals surface area contributed by atoms with Crippen molar-refractivity contribution in [3.8, 4) is 5.88 Å². The first-order valence-electron chi connectivity index (χ1n) is 6.53. The van der Waals surface area contributed by atoms with Crippen molar-refractivity contribution in [3.05, 3.63) is 12.2 Å². The Morgan fingerprint density at radius 1 is 1.35 bits per heavy atom. The summed E-state index contributed by atoms with van der Waals surface area (Å²) in [5.74, 6) is 1.21. The van der Waals surface area contributed by atoms with Gasteiger partial charge in [-0.25, -0.2) is 9.97 Å². The summed E-state index contributed by atoms with van der Waals surface area (Å²) in [5, 5.41) is -0.236. The van der Waals surface area contributed by atoms with E-state index in [4.69, 9.17) is 21.1 Å². The molecule has 2 rings (SSSR count). The van der Waals surface area contributed by atoms with E-state index in [1.165, 1.54) is 6.33 Å². The minimum atomic E-state index is -0.236. The monoisotopic (exact) mass is 298 g/mol. The molecular formula is C13H19ClN4O2. The number of rotatable bonds is 6. The maximum Gasteiger partial charge on any atom is 0.245 e. The highest BCUT2D eigenvalue weighted by Gasteiger charge is 2.23. The van der Waals surface area contributed by atoms with Crippen LogP contribution in [0.25, 0.3) is 11.2 Å². The van der Waals surface area contributed by atoms with Gasteiger partial charge in [0.1, 0.15) is 12.2 Å². The summed E-state index contributed by atoms with van der Waals surface area (Å²) in [7, 11) is 3.25. The lowest BCUT2D eigenvalue weighted by Gasteiger charge is -2.19. The fourth-order valence-electron chi connectivity index (χ4n) is 2.26. The third kappa shape index (κ3) is 2.58. The van der Waals surface area contributed by atoms with E-state index in [2.05, 4.69) is 21.9 Å². The number of hydrogen-bond donors (Lipinski definition) is 0. The number of aromatic nitrogens is 4. The predicted molar refractivity (Wildman–Crippen MR) is 77.3 cm³/mol. The van der Waals surface area contributed by atoms with Gasteiger partial charge in [-0.3, -0.25) is 0 Å². The van der Waals surface area contributed by atoms with E-state index >= 15 is 0 Å². The van der Waals surface area contributed by atoms with E-state index < -0.39 is 0 Å². The van der Waals surface area contributed by atoms with Crippen LogP contribution in [0.3, 0.4) is 0 Å². The second kappa shape index (κ2) is 6.37. The van der Waals surface area contributed by atoms with Gasteiger partial charge in [0.25, 0.3) is 0 Å². The molecule has 0 aliphatic carbocycles. The summed E-state index contributed by atoms with van der Waals surface area (Å²) in [6.07, 6.45) is 2.36. The van der Waals surface area contributed by atoms with Crippen LogP contribution in [0.15, 0.2) is 6.33 Å². The molecule has 2 heterocycles. The van der Waals surface area contributed by atoms with Crippen molar-refractivity contribution >= 4 is 22.8 Å². The molecule has 0 aromatic carbocycles. The maximum absolute atomic E-state index is 6.26. The first-order chi connectivity index (χ1) is 9.63. The number of alkyl halides is 1. The molecule has 20 heavy (non-hydrogen) atoms. The zero-order chi connectivity index (χ0) is 14.7. The SMILES string of the molecule is CCC(COC)n1c(C(C)Cl)nc2c(OC)ncnc21. The number of hydrogen-bond acceptors (Lipinski definition) is 5. The van der Waals surface area contributed by atoms with Gasteiger partial charge < -0.3 is 14.0 Å². The Balaban J connectivity index is 2.68. The van der Waals surface area contributed by atoms with Crippen LogP contribution >= 0.6 is 11.6 Å². The Kier molecular flexibility index (Phi) is 4.77. The highest BCUT2D eigenvalue weighted by molar-refractivity contribution is 6.20. The van der Waals surface area contributed by atoms with Crippen molar-refractivity contribution in [3.63, 3.8) is 0 Å². The van der Waals surface area contributed by atoms with E-state index in [1.807, 2.05) is 11.5 Å². The van der Waals surface area contributed by atoms with Crippen LogP contribution < -0.4 is 4.74 Å². The normalized spacial score (nSPS) is 14.4. The molecule has 2 unspecified atom stereocenters. The van der Waals surface area contributed by atoms with Crippen molar-refractivity contribution < 1.29 is 9.47 Å². The molecule has 0 aliphatic rings. The van der Waals surface area contributed by atoms with Gasteiger partial charge in [-0.2, -0.15) is 4.98 Å². The number of fused-ring (bicyclic) bond motifs is 1. The van der Waals surface area contributed by atoms with Crippen LogP contribution in [0, 0.1) is 0 Å². The quantitative estimate of drug-likeness (QED) is 0.767. The van der Waals surface area contributed by atoms with Gasteiger partial charge in [-0.1, -0.05) is 6.92 Å². The predicted octanol–water partition coefficient (Wildman–Crippen LogP) is 2.73. The molecule has 0 saturated carbocycles. The summed E-state index contributed by atoms with van der Waals surface area (Å²) in [6.45, 7) is 4.56. The summed E-state index contributed by atoms with van der Waals surface area (Å²) < 4.78 is 12.6. The maximum atomic E-state index is 6.26. The Hall–Kier alpha value is -1.40.